The fraction of sp³-hybridized carbons (Fsp3) is 0.600. The largest absolute Gasteiger partial charge is 0.391 e. The van der Waals surface area contributed by atoms with E-state index in [1.165, 1.54) is 6.33 Å². The van der Waals surface area contributed by atoms with Gasteiger partial charge in [-0.25, -0.2) is 9.97 Å². The number of aromatic amines is 1. The lowest BCUT2D eigenvalue weighted by Gasteiger charge is -2.15. The van der Waals surface area contributed by atoms with E-state index in [2.05, 4.69) is 33.7 Å². The molecule has 0 bridgehead atoms. The standard InChI is InChI=1S/C15H23N5OS/c1-9(2)22-7-11-5-20(6-12(11)21)4-10-3-17-14-13(10)18-8-19-15(14)16/h3,8-9,11-12,17,21H,4-7H2,1-2H3,(H2,16,18,19)/t11-,12+/m1/s1. The highest BCUT2D eigenvalue weighted by Crippen LogP contribution is 2.26. The Bertz CT molecular complexity index is 644. The first-order valence-electron chi connectivity index (χ1n) is 7.63. The molecule has 0 saturated carbocycles. The van der Waals surface area contributed by atoms with Crippen molar-refractivity contribution in [3.8, 4) is 0 Å². The summed E-state index contributed by atoms with van der Waals surface area (Å²) in [6.07, 6.45) is 3.20. The zero-order valence-corrected chi connectivity index (χ0v) is 13.8. The van der Waals surface area contributed by atoms with Crippen molar-refractivity contribution in [2.45, 2.75) is 31.7 Å². The van der Waals surface area contributed by atoms with Crippen LogP contribution in [0.2, 0.25) is 0 Å². The number of β-amino-alcohol motifs (C(OH)–C–C–N with tert-alkyl or cyclic N) is 1. The number of rotatable bonds is 5. The number of thioether (sulfide) groups is 1. The van der Waals surface area contributed by atoms with Gasteiger partial charge in [0.1, 0.15) is 11.8 Å². The second kappa shape index (κ2) is 6.44. The van der Waals surface area contributed by atoms with Gasteiger partial charge in [0.25, 0.3) is 0 Å². The number of nitrogens with two attached hydrogens (primary N) is 1. The molecule has 0 radical (unpaired) electrons. The Kier molecular flexibility index (Phi) is 4.56. The van der Waals surface area contributed by atoms with Crippen LogP contribution in [-0.4, -0.2) is 55.2 Å². The van der Waals surface area contributed by atoms with Gasteiger partial charge in [0.05, 0.1) is 11.6 Å². The highest BCUT2D eigenvalue weighted by Gasteiger charge is 2.31. The Morgan fingerprint density at radius 2 is 2.27 bits per heavy atom. The number of aliphatic hydroxyl groups is 1. The van der Waals surface area contributed by atoms with E-state index in [0.29, 0.717) is 17.0 Å². The van der Waals surface area contributed by atoms with Crippen LogP contribution < -0.4 is 5.73 Å². The number of hydrogen-bond acceptors (Lipinski definition) is 6. The van der Waals surface area contributed by atoms with E-state index >= 15 is 0 Å². The maximum absolute atomic E-state index is 10.2. The van der Waals surface area contributed by atoms with Crippen molar-refractivity contribution in [1.82, 2.24) is 19.9 Å². The van der Waals surface area contributed by atoms with Gasteiger partial charge in [-0.05, 0) is 5.25 Å². The third kappa shape index (κ3) is 3.21. The van der Waals surface area contributed by atoms with E-state index in [1.54, 1.807) is 0 Å². The van der Waals surface area contributed by atoms with Crippen molar-refractivity contribution in [2.75, 3.05) is 24.6 Å². The third-order valence-electron chi connectivity index (χ3n) is 4.09. The molecule has 1 aliphatic heterocycles. The van der Waals surface area contributed by atoms with Gasteiger partial charge in [0.15, 0.2) is 5.82 Å². The second-order valence-corrected chi connectivity index (χ2v) is 7.81. The molecule has 3 heterocycles. The Morgan fingerprint density at radius 3 is 3.05 bits per heavy atom. The molecule has 1 aliphatic rings. The number of anilines is 1. The zero-order chi connectivity index (χ0) is 15.7. The number of H-pyrrole nitrogens is 1. The van der Waals surface area contributed by atoms with E-state index < -0.39 is 0 Å². The highest BCUT2D eigenvalue weighted by atomic mass is 32.2. The molecule has 6 nitrogen and oxygen atoms in total. The van der Waals surface area contributed by atoms with Gasteiger partial charge in [-0.3, -0.25) is 4.90 Å². The molecular formula is C15H23N5OS. The lowest BCUT2D eigenvalue weighted by Crippen LogP contribution is -2.21. The second-order valence-electron chi connectivity index (χ2n) is 6.20. The Hall–Kier alpha value is -1.31. The summed E-state index contributed by atoms with van der Waals surface area (Å²) in [5, 5.41) is 10.9. The predicted octanol–water partition coefficient (Wildman–Crippen LogP) is 1.47. The lowest BCUT2D eigenvalue weighted by atomic mass is 10.1. The molecule has 7 heteroatoms. The average Bonchev–Trinajstić information content (AvgIpc) is 3.02. The van der Waals surface area contributed by atoms with Gasteiger partial charge in [-0.1, -0.05) is 13.8 Å². The maximum atomic E-state index is 10.2. The predicted molar refractivity (Wildman–Crippen MR) is 90.7 cm³/mol. The molecule has 0 amide bonds. The van der Waals surface area contributed by atoms with Gasteiger partial charge >= 0.3 is 0 Å². The first-order valence-corrected chi connectivity index (χ1v) is 8.68. The van der Waals surface area contributed by atoms with Crippen molar-refractivity contribution >= 4 is 28.6 Å². The Labute approximate surface area is 134 Å². The quantitative estimate of drug-likeness (QED) is 0.772. The van der Waals surface area contributed by atoms with Crippen molar-refractivity contribution in [2.24, 2.45) is 5.92 Å². The number of nitrogens with one attached hydrogen (secondary N) is 1. The van der Waals surface area contributed by atoms with Gasteiger partial charge in [0.2, 0.25) is 0 Å². The Balaban J connectivity index is 1.67. The molecule has 2 aromatic heterocycles. The number of likely N-dealkylation sites (tertiary alicyclic amines) is 1. The first kappa shape index (κ1) is 15.6. The van der Waals surface area contributed by atoms with Crippen LogP contribution in [0.4, 0.5) is 5.82 Å². The van der Waals surface area contributed by atoms with Crippen molar-refractivity contribution < 1.29 is 5.11 Å². The molecule has 0 unspecified atom stereocenters. The topological polar surface area (TPSA) is 91.1 Å². The van der Waals surface area contributed by atoms with Gasteiger partial charge in [0, 0.05) is 43.1 Å². The molecule has 4 N–H and O–H groups in total. The molecule has 1 fully saturated rings. The fourth-order valence-corrected chi connectivity index (χ4v) is 3.88. The molecule has 0 aromatic carbocycles. The van der Waals surface area contributed by atoms with E-state index in [4.69, 9.17) is 5.73 Å². The van der Waals surface area contributed by atoms with E-state index in [0.717, 1.165) is 42.0 Å². The molecule has 2 aromatic rings. The number of aromatic nitrogens is 3. The minimum atomic E-state index is -0.240. The van der Waals surface area contributed by atoms with Crippen LogP contribution in [0.5, 0.6) is 0 Å². The smallest absolute Gasteiger partial charge is 0.151 e. The molecular weight excluding hydrogens is 298 g/mol. The molecule has 1 saturated heterocycles. The van der Waals surface area contributed by atoms with Crippen LogP contribution >= 0.6 is 11.8 Å². The van der Waals surface area contributed by atoms with Crippen LogP contribution in [0.3, 0.4) is 0 Å². The van der Waals surface area contributed by atoms with Gasteiger partial charge < -0.3 is 15.8 Å². The number of hydrogen-bond donors (Lipinski definition) is 3. The SMILES string of the molecule is CC(C)SC[C@H]1CN(Cc2c[nH]c3c(N)ncnc23)C[C@@H]1O. The van der Waals surface area contributed by atoms with Crippen LogP contribution in [0, 0.1) is 5.92 Å². The lowest BCUT2D eigenvalue weighted by molar-refractivity contribution is 0.149. The summed E-state index contributed by atoms with van der Waals surface area (Å²) in [4.78, 5) is 13.8. The minimum Gasteiger partial charge on any atom is -0.391 e. The highest BCUT2D eigenvalue weighted by molar-refractivity contribution is 7.99. The fourth-order valence-electron chi connectivity index (χ4n) is 2.92. The maximum Gasteiger partial charge on any atom is 0.151 e. The summed E-state index contributed by atoms with van der Waals surface area (Å²) in [5.74, 6) is 1.83. The number of aliphatic hydroxyl groups excluding tert-OH is 1. The van der Waals surface area contributed by atoms with E-state index in [-0.39, 0.29) is 6.10 Å². The molecule has 0 spiro atoms. The molecule has 3 rings (SSSR count). The van der Waals surface area contributed by atoms with Crippen LogP contribution in [0.15, 0.2) is 12.5 Å². The molecule has 2 atom stereocenters. The summed E-state index contributed by atoms with van der Waals surface area (Å²) >= 11 is 1.92. The van der Waals surface area contributed by atoms with Crippen LogP contribution in [0.25, 0.3) is 11.0 Å². The van der Waals surface area contributed by atoms with E-state index in [1.807, 2.05) is 18.0 Å². The third-order valence-corrected chi connectivity index (χ3v) is 5.38. The number of nitrogen functional groups attached to an aromatic ring is 1. The average molecular weight is 321 g/mol. The van der Waals surface area contributed by atoms with Crippen molar-refractivity contribution in [3.05, 3.63) is 18.1 Å². The summed E-state index contributed by atoms with van der Waals surface area (Å²) in [7, 11) is 0. The summed E-state index contributed by atoms with van der Waals surface area (Å²) < 4.78 is 0. The van der Waals surface area contributed by atoms with Crippen LogP contribution in [0.1, 0.15) is 19.4 Å². The number of nitrogens with zero attached hydrogens (tertiary/aromatic N) is 3. The minimum absolute atomic E-state index is 0.240. The molecule has 22 heavy (non-hydrogen) atoms. The molecule has 0 aliphatic carbocycles. The summed E-state index contributed by atoms with van der Waals surface area (Å²) in [5.41, 5.74) is 8.63. The molecule has 120 valence electrons. The van der Waals surface area contributed by atoms with Crippen LogP contribution in [-0.2, 0) is 6.54 Å². The number of fused-ring (bicyclic) bond motifs is 1. The monoisotopic (exact) mass is 321 g/mol. The van der Waals surface area contributed by atoms with Gasteiger partial charge in [-0.15, -0.1) is 0 Å². The summed E-state index contributed by atoms with van der Waals surface area (Å²) in [6, 6.07) is 0. The Morgan fingerprint density at radius 1 is 1.45 bits per heavy atom. The van der Waals surface area contributed by atoms with Gasteiger partial charge in [-0.2, -0.15) is 11.8 Å². The zero-order valence-electron chi connectivity index (χ0n) is 13.0. The first-order chi connectivity index (χ1) is 10.5. The summed E-state index contributed by atoms with van der Waals surface area (Å²) in [6.45, 7) is 6.81. The van der Waals surface area contributed by atoms with Crippen molar-refractivity contribution in [3.63, 3.8) is 0 Å². The normalized spacial score (nSPS) is 22.9. The van der Waals surface area contributed by atoms with Crippen molar-refractivity contribution in [1.29, 1.82) is 0 Å². The van der Waals surface area contributed by atoms with E-state index in [9.17, 15) is 5.11 Å².